The van der Waals surface area contributed by atoms with Crippen molar-refractivity contribution >= 4 is 69.9 Å². The zero-order valence-electron chi connectivity index (χ0n) is 30.0. The van der Waals surface area contributed by atoms with Crippen molar-refractivity contribution in [1.82, 2.24) is 10.6 Å². The van der Waals surface area contributed by atoms with Crippen molar-refractivity contribution in [2.24, 2.45) is 11.5 Å². The second kappa shape index (κ2) is 21.9. The van der Waals surface area contributed by atoms with Crippen LogP contribution < -0.4 is 101 Å². The Morgan fingerprint density at radius 2 is 0.839 bits per heavy atom. The fourth-order valence-corrected chi connectivity index (χ4v) is 6.11. The molecule has 2 fully saturated rings. The minimum absolute atomic E-state index is 0. The zero-order chi connectivity index (χ0) is 38.8. The van der Waals surface area contributed by atoms with Crippen molar-refractivity contribution in [3.05, 3.63) is 129 Å². The Balaban J connectivity index is 0.000000290. The van der Waals surface area contributed by atoms with Crippen molar-refractivity contribution in [3.63, 3.8) is 0 Å². The van der Waals surface area contributed by atoms with Crippen molar-refractivity contribution in [2.45, 2.75) is 24.9 Å². The Morgan fingerprint density at radius 1 is 0.554 bits per heavy atom. The Kier molecular flexibility index (Phi) is 18.1. The fourth-order valence-electron chi connectivity index (χ4n) is 4.74. The first-order valence-electron chi connectivity index (χ1n) is 16.0. The van der Waals surface area contributed by atoms with Gasteiger partial charge in [0, 0.05) is 12.1 Å². The fraction of sp³-hybridized carbons (Fsp3) is 0.105. The summed E-state index contributed by atoms with van der Waals surface area (Å²) in [6.45, 7) is 0. The molecule has 276 valence electrons. The molecule has 6 rings (SSSR count). The third-order valence-corrected chi connectivity index (χ3v) is 9.10. The van der Waals surface area contributed by atoms with Crippen LogP contribution in [0.1, 0.15) is 22.3 Å². The first kappa shape index (κ1) is 46.2. The second-order valence-electron chi connectivity index (χ2n) is 11.6. The minimum atomic E-state index is -1.29. The third kappa shape index (κ3) is 14.1. The summed E-state index contributed by atoms with van der Waals surface area (Å²) in [6, 6.07) is 25.8. The van der Waals surface area contributed by atoms with Gasteiger partial charge in [-0.3, -0.25) is 29.8 Å². The molecule has 2 aliphatic rings. The number of imide groups is 2. The van der Waals surface area contributed by atoms with Gasteiger partial charge < -0.3 is 40.7 Å². The molecule has 0 aromatic heterocycles. The van der Waals surface area contributed by atoms with E-state index in [2.05, 4.69) is 10.6 Å². The minimum Gasteiger partial charge on any atom is -0.548 e. The molecule has 0 unspecified atom stereocenters. The normalized spacial score (nSPS) is 15.7. The Hall–Kier alpha value is -4.20. The zero-order valence-corrected chi connectivity index (χ0v) is 35.6. The number of amides is 4. The molecule has 0 saturated carbocycles. The molecule has 0 aliphatic carbocycles. The molecule has 2 aliphatic heterocycles. The number of thioether (sulfide) groups is 2. The van der Waals surface area contributed by atoms with E-state index in [1.54, 1.807) is 109 Å². The average molecular weight is 813 g/mol. The average Bonchev–Trinajstić information content (AvgIpc) is 3.64. The van der Waals surface area contributed by atoms with E-state index in [0.29, 0.717) is 32.8 Å². The van der Waals surface area contributed by atoms with Gasteiger partial charge in [-0.25, -0.2) is 0 Å². The summed E-state index contributed by atoms with van der Waals surface area (Å²) in [4.78, 5) is 67.4. The first-order valence-corrected chi connectivity index (χ1v) is 17.6. The van der Waals surface area contributed by atoms with Gasteiger partial charge in [0.15, 0.2) is 0 Å². The summed E-state index contributed by atoms with van der Waals surface area (Å²) >= 11 is 1.73. The number of carbonyl (C=O) groups excluding carboxylic acids is 6. The number of ether oxygens (including phenoxy) is 2. The number of carboxylic acids is 2. The summed E-state index contributed by atoms with van der Waals surface area (Å²) in [5.74, 6) is -1.02. The molecule has 4 aromatic rings. The van der Waals surface area contributed by atoms with Crippen LogP contribution in [0.3, 0.4) is 0 Å². The topological polar surface area (TPSA) is 243 Å². The Labute approximate surface area is 373 Å². The number of carbonyl (C=O) groups is 6. The molecule has 56 heavy (non-hydrogen) atoms. The molecule has 18 heteroatoms. The van der Waals surface area contributed by atoms with E-state index in [4.69, 9.17) is 20.9 Å². The standard InChI is InChI=1S/2C19H16N2O5S.2Na/c2*20-15(18(23)24)9-11-1-5-13(6-2-11)26-14-7-3-12(4-8-14)10-16-17(22)21-19(25)27-16;;/h2*1-8,10,15H,9,20H2,(H,23,24)(H,21,22,25);;/q;;2*+1/p-2/b2*16-10+;;/t2*15-;;/m00../s1. The van der Waals surface area contributed by atoms with Gasteiger partial charge in [-0.1, -0.05) is 48.5 Å². The van der Waals surface area contributed by atoms with Crippen LogP contribution in [0.25, 0.3) is 12.2 Å². The van der Waals surface area contributed by atoms with Gasteiger partial charge in [-0.15, -0.1) is 0 Å². The van der Waals surface area contributed by atoms with Crippen LogP contribution in [0.2, 0.25) is 0 Å². The van der Waals surface area contributed by atoms with Crippen LogP contribution in [0.4, 0.5) is 9.59 Å². The maximum Gasteiger partial charge on any atom is 1.00 e. The van der Waals surface area contributed by atoms with E-state index in [9.17, 15) is 39.0 Å². The van der Waals surface area contributed by atoms with Gasteiger partial charge in [0.05, 0.1) is 21.7 Å². The smallest absolute Gasteiger partial charge is 0.548 e. The first-order chi connectivity index (χ1) is 25.8. The van der Waals surface area contributed by atoms with Gasteiger partial charge in [0.2, 0.25) is 0 Å². The summed E-state index contributed by atoms with van der Waals surface area (Å²) < 4.78 is 11.5. The summed E-state index contributed by atoms with van der Waals surface area (Å²) in [7, 11) is 0. The number of nitrogens with two attached hydrogens (primary N) is 2. The summed E-state index contributed by atoms with van der Waals surface area (Å²) in [5.41, 5.74) is 14.0. The third-order valence-electron chi connectivity index (χ3n) is 7.47. The Morgan fingerprint density at radius 3 is 1.09 bits per heavy atom. The number of benzene rings is 4. The quantitative estimate of drug-likeness (QED) is 0.0817. The van der Waals surface area contributed by atoms with E-state index in [0.717, 1.165) is 45.8 Å². The summed E-state index contributed by atoms with van der Waals surface area (Å²) in [5, 5.41) is 25.0. The van der Waals surface area contributed by atoms with Gasteiger partial charge >= 0.3 is 59.1 Å². The van der Waals surface area contributed by atoms with Crippen LogP contribution in [0, 0.1) is 0 Å². The molecular formula is C38H30N4Na2O10S2. The SMILES string of the molecule is N[C@@H](Cc1ccc(Oc2ccc(/C=C3/SC(=O)NC3=O)cc2)cc1)C(=O)[O-].N[C@@H](Cc1ccc(Oc2ccc(/C=C3/SC(=O)NC3=O)cc2)cc1)C(=O)[O-].[Na+].[Na+]. The van der Waals surface area contributed by atoms with Gasteiger partial charge in [0.1, 0.15) is 23.0 Å². The second-order valence-corrected chi connectivity index (χ2v) is 13.6. The van der Waals surface area contributed by atoms with Crippen molar-refractivity contribution < 1.29 is 108 Å². The maximum absolute atomic E-state index is 11.5. The van der Waals surface area contributed by atoms with Crippen molar-refractivity contribution in [2.75, 3.05) is 0 Å². The van der Waals surface area contributed by atoms with E-state index in [1.165, 1.54) is 0 Å². The van der Waals surface area contributed by atoms with E-state index in [1.807, 2.05) is 0 Å². The van der Waals surface area contributed by atoms with E-state index < -0.39 is 35.8 Å². The molecule has 2 saturated heterocycles. The monoisotopic (exact) mass is 812 g/mol. The molecule has 6 N–H and O–H groups in total. The molecule has 2 atom stereocenters. The molecule has 0 bridgehead atoms. The van der Waals surface area contributed by atoms with Gasteiger partial charge in [-0.2, -0.15) is 0 Å². The summed E-state index contributed by atoms with van der Waals surface area (Å²) in [6.07, 6.45) is 3.62. The predicted molar refractivity (Wildman–Crippen MR) is 198 cm³/mol. The van der Waals surface area contributed by atoms with Crippen LogP contribution in [0.5, 0.6) is 23.0 Å². The van der Waals surface area contributed by atoms with Gasteiger partial charge in [-0.05, 0) is 119 Å². The van der Waals surface area contributed by atoms with Crippen molar-refractivity contribution in [1.29, 1.82) is 0 Å². The molecule has 2 heterocycles. The molecular weight excluding hydrogens is 783 g/mol. The predicted octanol–water partition coefficient (Wildman–Crippen LogP) is -3.15. The Bertz CT molecular complexity index is 1980. The number of hydrogen-bond acceptors (Lipinski definition) is 14. The van der Waals surface area contributed by atoms with E-state index >= 15 is 0 Å². The van der Waals surface area contributed by atoms with Crippen LogP contribution in [0.15, 0.2) is 107 Å². The van der Waals surface area contributed by atoms with Crippen molar-refractivity contribution in [3.8, 4) is 23.0 Å². The van der Waals surface area contributed by atoms with Crippen LogP contribution in [-0.4, -0.2) is 46.3 Å². The van der Waals surface area contributed by atoms with Crippen LogP contribution >= 0.6 is 23.5 Å². The molecule has 4 aromatic carbocycles. The number of rotatable bonds is 12. The number of carboxylic acid groups (broad SMARTS) is 2. The molecule has 4 amide bonds. The maximum atomic E-state index is 11.5. The molecule has 0 radical (unpaired) electrons. The van der Waals surface area contributed by atoms with Gasteiger partial charge in [0.25, 0.3) is 22.3 Å². The largest absolute Gasteiger partial charge is 1.00 e. The number of hydrogen-bond donors (Lipinski definition) is 4. The molecule has 14 nitrogen and oxygen atoms in total. The molecule has 0 spiro atoms. The van der Waals surface area contributed by atoms with E-state index in [-0.39, 0.29) is 82.4 Å². The van der Waals surface area contributed by atoms with Crippen LogP contribution in [-0.2, 0) is 32.0 Å². The number of nitrogens with one attached hydrogen (secondary N) is 2. The number of aliphatic carboxylic acids is 2.